The lowest BCUT2D eigenvalue weighted by Crippen LogP contribution is -2.32. The van der Waals surface area contributed by atoms with Crippen molar-refractivity contribution < 1.29 is 14.4 Å². The summed E-state index contributed by atoms with van der Waals surface area (Å²) in [5.74, 6) is 0.611. The molecule has 9 nitrogen and oxygen atoms in total. The van der Waals surface area contributed by atoms with Gasteiger partial charge in [-0.1, -0.05) is 0 Å². The van der Waals surface area contributed by atoms with E-state index in [4.69, 9.17) is 0 Å². The van der Waals surface area contributed by atoms with Crippen LogP contribution in [0.4, 0.5) is 10.5 Å². The maximum absolute atomic E-state index is 12.7. The van der Waals surface area contributed by atoms with E-state index < -0.39 is 6.03 Å². The number of aryl methyl sites for hydroxylation is 1. The molecule has 1 aliphatic carbocycles. The van der Waals surface area contributed by atoms with Gasteiger partial charge >= 0.3 is 6.03 Å². The van der Waals surface area contributed by atoms with Gasteiger partial charge in [0.25, 0.3) is 5.91 Å². The fourth-order valence-electron chi connectivity index (χ4n) is 3.25. The highest BCUT2D eigenvalue weighted by molar-refractivity contribution is 6.12. The number of nitrogens with one attached hydrogen (secondary N) is 2. The molecule has 27 heavy (non-hydrogen) atoms. The predicted octanol–water partition coefficient (Wildman–Crippen LogP) is 1.24. The molecule has 2 fully saturated rings. The van der Waals surface area contributed by atoms with Crippen LogP contribution in [-0.2, 0) is 11.3 Å². The molecular weight excluding hydrogens is 348 g/mol. The lowest BCUT2D eigenvalue weighted by Gasteiger charge is -2.18. The molecule has 0 bridgehead atoms. The first-order chi connectivity index (χ1) is 13.1. The number of nitrogens with zero attached hydrogens (tertiary/aromatic N) is 4. The van der Waals surface area contributed by atoms with Crippen LogP contribution in [0.15, 0.2) is 30.6 Å². The van der Waals surface area contributed by atoms with E-state index in [-0.39, 0.29) is 24.4 Å². The molecule has 0 radical (unpaired) electrons. The van der Waals surface area contributed by atoms with E-state index in [0.717, 1.165) is 18.7 Å². The van der Waals surface area contributed by atoms with Gasteiger partial charge in [0.1, 0.15) is 18.7 Å². The van der Waals surface area contributed by atoms with E-state index in [0.29, 0.717) is 23.7 Å². The van der Waals surface area contributed by atoms with E-state index in [1.54, 1.807) is 28.9 Å². The Morgan fingerprint density at radius 2 is 2.04 bits per heavy atom. The van der Waals surface area contributed by atoms with Crippen molar-refractivity contribution in [2.45, 2.75) is 32.4 Å². The number of carbonyl (C=O) groups is 3. The Labute approximate surface area is 155 Å². The lowest BCUT2D eigenvalue weighted by atomic mass is 10.1. The number of imide groups is 1. The van der Waals surface area contributed by atoms with Crippen LogP contribution in [-0.4, -0.2) is 39.2 Å². The average Bonchev–Trinajstić information content (AvgIpc) is 3.30. The van der Waals surface area contributed by atoms with Gasteiger partial charge in [-0.3, -0.25) is 19.8 Å². The summed E-state index contributed by atoms with van der Waals surface area (Å²) in [6.07, 6.45) is 3.62. The molecule has 1 atom stereocenters. The van der Waals surface area contributed by atoms with Gasteiger partial charge in [-0.05, 0) is 49.9 Å². The van der Waals surface area contributed by atoms with E-state index in [1.807, 2.05) is 6.92 Å². The highest BCUT2D eigenvalue weighted by Crippen LogP contribution is 2.40. The topological polar surface area (TPSA) is 109 Å². The van der Waals surface area contributed by atoms with Gasteiger partial charge in [-0.2, -0.15) is 5.10 Å². The molecule has 1 aromatic heterocycles. The number of rotatable bonds is 6. The van der Waals surface area contributed by atoms with E-state index in [9.17, 15) is 14.4 Å². The fourth-order valence-corrected chi connectivity index (χ4v) is 3.25. The summed E-state index contributed by atoms with van der Waals surface area (Å²) in [5.41, 5.74) is 1.05. The normalized spacial score (nSPS) is 17.7. The van der Waals surface area contributed by atoms with Crippen LogP contribution in [0.25, 0.3) is 0 Å². The molecule has 140 valence electrons. The third-order valence-corrected chi connectivity index (χ3v) is 4.84. The largest absolute Gasteiger partial charge is 0.342 e. The molecule has 2 aliphatic rings. The van der Waals surface area contributed by atoms with Gasteiger partial charge in [-0.25, -0.2) is 14.5 Å². The van der Waals surface area contributed by atoms with Crippen molar-refractivity contribution in [2.24, 2.45) is 5.92 Å². The Morgan fingerprint density at radius 1 is 1.30 bits per heavy atom. The van der Waals surface area contributed by atoms with E-state index in [2.05, 4.69) is 20.7 Å². The number of anilines is 1. The molecule has 1 saturated carbocycles. The molecule has 1 aliphatic heterocycles. The number of amides is 4. The maximum Gasteiger partial charge on any atom is 0.329 e. The molecule has 2 aromatic rings. The van der Waals surface area contributed by atoms with Crippen molar-refractivity contribution in [3.05, 3.63) is 42.0 Å². The van der Waals surface area contributed by atoms with E-state index in [1.165, 1.54) is 11.2 Å². The van der Waals surface area contributed by atoms with Gasteiger partial charge in [0.05, 0.1) is 6.04 Å². The van der Waals surface area contributed by atoms with Crippen LogP contribution in [0, 0.1) is 5.92 Å². The van der Waals surface area contributed by atoms with Crippen molar-refractivity contribution in [2.75, 3.05) is 11.4 Å². The van der Waals surface area contributed by atoms with Crippen LogP contribution in [0.1, 0.15) is 42.0 Å². The second-order valence-electron chi connectivity index (χ2n) is 6.71. The molecular formula is C18H20N6O3. The number of aromatic nitrogens is 3. The monoisotopic (exact) mass is 368 g/mol. The highest BCUT2D eigenvalue weighted by Gasteiger charge is 2.36. The van der Waals surface area contributed by atoms with Gasteiger partial charge in [-0.15, -0.1) is 0 Å². The summed E-state index contributed by atoms with van der Waals surface area (Å²) < 4.78 is 1.80. The minimum absolute atomic E-state index is 0.0131. The smallest absolute Gasteiger partial charge is 0.329 e. The van der Waals surface area contributed by atoms with Crippen LogP contribution < -0.4 is 15.5 Å². The van der Waals surface area contributed by atoms with Crippen LogP contribution in [0.3, 0.4) is 0 Å². The number of carbonyl (C=O) groups excluding carboxylic acids is 3. The van der Waals surface area contributed by atoms with Crippen LogP contribution in [0.2, 0.25) is 0 Å². The van der Waals surface area contributed by atoms with Crippen molar-refractivity contribution in [3.8, 4) is 0 Å². The second kappa shape index (κ2) is 6.82. The molecule has 4 amide bonds. The van der Waals surface area contributed by atoms with Crippen LogP contribution >= 0.6 is 0 Å². The molecule has 1 saturated heterocycles. The van der Waals surface area contributed by atoms with Crippen LogP contribution in [0.5, 0.6) is 0 Å². The number of hydrogen-bond donors (Lipinski definition) is 2. The van der Waals surface area contributed by atoms with Gasteiger partial charge in [0.2, 0.25) is 5.91 Å². The minimum atomic E-state index is -0.454. The molecule has 4 rings (SSSR count). The highest BCUT2D eigenvalue weighted by atomic mass is 16.2. The lowest BCUT2D eigenvalue weighted by molar-refractivity contribution is -0.117. The number of benzene rings is 1. The molecule has 1 aromatic carbocycles. The Kier molecular flexibility index (Phi) is 4.35. The maximum atomic E-state index is 12.7. The quantitative estimate of drug-likeness (QED) is 0.746. The zero-order valence-electron chi connectivity index (χ0n) is 14.9. The first-order valence-electron chi connectivity index (χ1n) is 8.96. The van der Waals surface area contributed by atoms with Crippen molar-refractivity contribution in [3.63, 3.8) is 0 Å². The number of urea groups is 1. The Morgan fingerprint density at radius 3 is 2.63 bits per heavy atom. The SMILES string of the molecule is CCn1ncnc1[C@H](NC(=O)c1ccc(N2CC(=O)NC2=O)cc1)C1CC1. The molecule has 9 heteroatoms. The average molecular weight is 368 g/mol. The van der Waals surface area contributed by atoms with Gasteiger partial charge < -0.3 is 5.32 Å². The summed E-state index contributed by atoms with van der Waals surface area (Å²) in [7, 11) is 0. The third kappa shape index (κ3) is 3.40. The van der Waals surface area contributed by atoms with E-state index >= 15 is 0 Å². The summed E-state index contributed by atoms with van der Waals surface area (Å²) in [5, 5.41) is 9.49. The second-order valence-corrected chi connectivity index (χ2v) is 6.71. The molecule has 0 spiro atoms. The summed E-state index contributed by atoms with van der Waals surface area (Å²) in [6, 6.07) is 6.00. The zero-order valence-corrected chi connectivity index (χ0v) is 14.9. The van der Waals surface area contributed by atoms with Crippen molar-refractivity contribution in [1.29, 1.82) is 0 Å². The first kappa shape index (κ1) is 17.2. The van der Waals surface area contributed by atoms with Gasteiger partial charge in [0.15, 0.2) is 0 Å². The molecule has 2 N–H and O–H groups in total. The summed E-state index contributed by atoms with van der Waals surface area (Å²) in [6.45, 7) is 2.67. The standard InChI is InChI=1S/C18H20N6O3/c1-2-24-16(19-10-20-24)15(11-3-4-11)22-17(26)12-5-7-13(8-6-12)23-9-14(25)21-18(23)27/h5-8,10-11,15H,2-4,9H2,1H3,(H,22,26)(H,21,25,27)/t15-/m1/s1. The van der Waals surface area contributed by atoms with Crippen molar-refractivity contribution in [1.82, 2.24) is 25.4 Å². The third-order valence-electron chi connectivity index (χ3n) is 4.84. The fraction of sp³-hybridized carbons (Fsp3) is 0.389. The molecule has 2 heterocycles. The Balaban J connectivity index is 1.49. The Hall–Kier alpha value is -3.23. The molecule has 0 unspecified atom stereocenters. The summed E-state index contributed by atoms with van der Waals surface area (Å²) >= 11 is 0. The predicted molar refractivity (Wildman–Crippen MR) is 96.0 cm³/mol. The van der Waals surface area contributed by atoms with Crippen molar-refractivity contribution >= 4 is 23.5 Å². The van der Waals surface area contributed by atoms with Gasteiger partial charge in [0, 0.05) is 17.8 Å². The minimum Gasteiger partial charge on any atom is -0.342 e. The Bertz CT molecular complexity index is 887. The number of hydrogen-bond acceptors (Lipinski definition) is 5. The first-order valence-corrected chi connectivity index (χ1v) is 8.96. The zero-order chi connectivity index (χ0) is 19.0. The summed E-state index contributed by atoms with van der Waals surface area (Å²) in [4.78, 5) is 41.4.